The molecule has 3 rings (SSSR count). The first-order chi connectivity index (χ1) is 12.7. The van der Waals surface area contributed by atoms with E-state index in [1.807, 2.05) is 0 Å². The topological polar surface area (TPSA) is 77.7 Å². The van der Waals surface area contributed by atoms with Gasteiger partial charge in [-0.05, 0) is 43.5 Å². The van der Waals surface area contributed by atoms with E-state index in [1.54, 1.807) is 12.0 Å². The number of benzene rings is 1. The Bertz CT molecular complexity index is 719. The minimum Gasteiger partial charge on any atom is -0.484 e. The number of carbonyl (C=O) groups is 1. The number of nitrogens with zero attached hydrogens (tertiary/aromatic N) is 3. The molecule has 2 aromatic rings. The van der Waals surface area contributed by atoms with E-state index in [2.05, 4.69) is 10.1 Å². The first-order valence-electron chi connectivity index (χ1n) is 8.66. The number of aromatic nitrogens is 2. The summed E-state index contributed by atoms with van der Waals surface area (Å²) < 4.78 is 28.7. The summed E-state index contributed by atoms with van der Waals surface area (Å²) in [5.41, 5.74) is 0. The average Bonchev–Trinajstić information content (AvgIpc) is 3.14. The molecule has 1 atom stereocenters. The second kappa shape index (κ2) is 8.75. The number of ether oxygens (including phenoxy) is 2. The predicted octanol–water partition coefficient (Wildman–Crippen LogP) is 2.88. The van der Waals surface area contributed by atoms with Crippen LogP contribution < -0.4 is 4.74 Å². The number of halogens is 1. The van der Waals surface area contributed by atoms with E-state index in [-0.39, 0.29) is 24.4 Å². The van der Waals surface area contributed by atoms with Gasteiger partial charge in [-0.1, -0.05) is 5.16 Å². The summed E-state index contributed by atoms with van der Waals surface area (Å²) in [6.45, 7) is 1.16. The smallest absolute Gasteiger partial charge is 0.264 e. The largest absolute Gasteiger partial charge is 0.484 e. The lowest BCUT2D eigenvalue weighted by molar-refractivity contribution is -0.136. The standard InChI is InChI=1S/C18H22FN3O4/c1-24-11-9-17(23)22-10-3-2-4-15(22)18-20-16(26-21-18)12-25-14-7-5-13(19)6-8-14/h5-8,15H,2-4,9-12H2,1H3. The number of methoxy groups -OCH3 is 1. The summed E-state index contributed by atoms with van der Waals surface area (Å²) in [7, 11) is 1.58. The van der Waals surface area contributed by atoms with E-state index in [4.69, 9.17) is 14.0 Å². The van der Waals surface area contributed by atoms with Crippen LogP contribution in [-0.2, 0) is 16.1 Å². The number of carbonyl (C=O) groups excluding carboxylic acids is 1. The van der Waals surface area contributed by atoms with E-state index in [0.717, 1.165) is 19.3 Å². The van der Waals surface area contributed by atoms with Gasteiger partial charge in [0.1, 0.15) is 11.6 Å². The molecule has 1 aliphatic heterocycles. The number of piperidine rings is 1. The molecule has 0 saturated carbocycles. The molecule has 1 aliphatic rings. The van der Waals surface area contributed by atoms with E-state index in [1.165, 1.54) is 24.3 Å². The maximum atomic E-state index is 12.9. The lowest BCUT2D eigenvalue weighted by Gasteiger charge is -2.33. The van der Waals surface area contributed by atoms with Crippen LogP contribution >= 0.6 is 0 Å². The van der Waals surface area contributed by atoms with Crippen LogP contribution in [0.4, 0.5) is 4.39 Å². The molecular weight excluding hydrogens is 341 g/mol. The number of rotatable bonds is 7. The molecule has 26 heavy (non-hydrogen) atoms. The van der Waals surface area contributed by atoms with Gasteiger partial charge in [-0.25, -0.2) is 4.39 Å². The Hall–Kier alpha value is -2.48. The van der Waals surface area contributed by atoms with Crippen molar-refractivity contribution in [2.45, 2.75) is 38.3 Å². The molecule has 1 aromatic carbocycles. The van der Waals surface area contributed by atoms with Crippen molar-refractivity contribution in [3.05, 3.63) is 41.8 Å². The molecule has 0 radical (unpaired) electrons. The normalized spacial score (nSPS) is 17.3. The minimum absolute atomic E-state index is 0.0328. The summed E-state index contributed by atoms with van der Waals surface area (Å²) >= 11 is 0. The molecular formula is C18H22FN3O4. The van der Waals surface area contributed by atoms with Crippen LogP contribution in [0.25, 0.3) is 0 Å². The Balaban J connectivity index is 1.63. The number of hydrogen-bond acceptors (Lipinski definition) is 6. The molecule has 0 bridgehead atoms. The predicted molar refractivity (Wildman–Crippen MR) is 89.8 cm³/mol. The van der Waals surface area contributed by atoms with Crippen molar-refractivity contribution in [3.8, 4) is 5.75 Å². The van der Waals surface area contributed by atoms with Gasteiger partial charge in [0.25, 0.3) is 5.89 Å². The Morgan fingerprint density at radius 2 is 2.15 bits per heavy atom. The highest BCUT2D eigenvalue weighted by atomic mass is 19.1. The highest BCUT2D eigenvalue weighted by molar-refractivity contribution is 5.76. The second-order valence-electron chi connectivity index (χ2n) is 6.13. The third-order valence-corrected chi connectivity index (χ3v) is 4.30. The van der Waals surface area contributed by atoms with Crippen LogP contribution in [0.15, 0.2) is 28.8 Å². The first-order valence-corrected chi connectivity index (χ1v) is 8.66. The molecule has 0 spiro atoms. The van der Waals surface area contributed by atoms with Gasteiger partial charge < -0.3 is 18.9 Å². The molecule has 1 amide bonds. The van der Waals surface area contributed by atoms with Crippen LogP contribution in [0.1, 0.15) is 43.4 Å². The molecule has 2 heterocycles. The van der Waals surface area contributed by atoms with Crippen LogP contribution in [-0.4, -0.2) is 41.2 Å². The van der Waals surface area contributed by atoms with Crippen molar-refractivity contribution in [1.29, 1.82) is 0 Å². The highest BCUT2D eigenvalue weighted by Crippen LogP contribution is 2.29. The van der Waals surface area contributed by atoms with Crippen molar-refractivity contribution in [3.63, 3.8) is 0 Å². The fourth-order valence-electron chi connectivity index (χ4n) is 2.97. The monoisotopic (exact) mass is 363 g/mol. The molecule has 140 valence electrons. The van der Waals surface area contributed by atoms with E-state index in [0.29, 0.717) is 37.0 Å². The minimum atomic E-state index is -0.326. The van der Waals surface area contributed by atoms with Crippen LogP contribution in [0.3, 0.4) is 0 Å². The van der Waals surface area contributed by atoms with E-state index in [9.17, 15) is 9.18 Å². The zero-order valence-electron chi connectivity index (χ0n) is 14.7. The lowest BCUT2D eigenvalue weighted by Crippen LogP contribution is -2.39. The van der Waals surface area contributed by atoms with Crippen molar-refractivity contribution >= 4 is 5.91 Å². The third-order valence-electron chi connectivity index (χ3n) is 4.30. The average molecular weight is 363 g/mol. The fraction of sp³-hybridized carbons (Fsp3) is 0.500. The van der Waals surface area contributed by atoms with Crippen molar-refractivity contribution in [2.75, 3.05) is 20.3 Å². The van der Waals surface area contributed by atoms with Gasteiger partial charge in [0, 0.05) is 13.7 Å². The molecule has 1 saturated heterocycles. The fourth-order valence-corrected chi connectivity index (χ4v) is 2.97. The summed E-state index contributed by atoms with van der Waals surface area (Å²) in [5.74, 6) is 1.03. The lowest BCUT2D eigenvalue weighted by atomic mass is 10.0. The second-order valence-corrected chi connectivity index (χ2v) is 6.13. The summed E-state index contributed by atoms with van der Waals surface area (Å²) in [6, 6.07) is 5.52. The molecule has 1 fully saturated rings. The molecule has 1 aromatic heterocycles. The highest BCUT2D eigenvalue weighted by Gasteiger charge is 2.31. The van der Waals surface area contributed by atoms with Crippen LogP contribution in [0.5, 0.6) is 5.75 Å². The number of amides is 1. The number of likely N-dealkylation sites (tertiary alicyclic amines) is 1. The van der Waals surface area contributed by atoms with Crippen molar-refractivity contribution in [2.24, 2.45) is 0 Å². The van der Waals surface area contributed by atoms with Gasteiger partial charge in [-0.2, -0.15) is 4.98 Å². The van der Waals surface area contributed by atoms with Crippen LogP contribution in [0, 0.1) is 5.82 Å². The number of hydrogen-bond donors (Lipinski definition) is 0. The third kappa shape index (κ3) is 4.57. The quantitative estimate of drug-likeness (QED) is 0.753. The van der Waals surface area contributed by atoms with Gasteiger partial charge in [0.05, 0.1) is 19.1 Å². The van der Waals surface area contributed by atoms with Crippen molar-refractivity contribution < 1.29 is 23.2 Å². The SMILES string of the molecule is COCCC(=O)N1CCCCC1c1noc(COc2ccc(F)cc2)n1. The molecule has 0 aliphatic carbocycles. The summed E-state index contributed by atoms with van der Waals surface area (Å²) in [5, 5.41) is 4.03. The Kier molecular flexibility index (Phi) is 6.17. The Morgan fingerprint density at radius 1 is 1.35 bits per heavy atom. The Morgan fingerprint density at radius 3 is 2.92 bits per heavy atom. The maximum absolute atomic E-state index is 12.9. The van der Waals surface area contributed by atoms with Gasteiger partial charge in [0.2, 0.25) is 5.91 Å². The van der Waals surface area contributed by atoms with Gasteiger partial charge in [0.15, 0.2) is 12.4 Å². The summed E-state index contributed by atoms with van der Waals surface area (Å²) in [6.07, 6.45) is 3.12. The summed E-state index contributed by atoms with van der Waals surface area (Å²) in [4.78, 5) is 18.6. The van der Waals surface area contributed by atoms with E-state index >= 15 is 0 Å². The maximum Gasteiger partial charge on any atom is 0.264 e. The van der Waals surface area contributed by atoms with Crippen LogP contribution in [0.2, 0.25) is 0 Å². The molecule has 1 unspecified atom stereocenters. The van der Waals surface area contributed by atoms with E-state index < -0.39 is 0 Å². The first kappa shape index (κ1) is 18.3. The van der Waals surface area contributed by atoms with Gasteiger partial charge >= 0.3 is 0 Å². The zero-order chi connectivity index (χ0) is 18.4. The molecule has 0 N–H and O–H groups in total. The molecule has 7 nitrogen and oxygen atoms in total. The zero-order valence-corrected chi connectivity index (χ0v) is 14.7. The van der Waals surface area contributed by atoms with Crippen molar-refractivity contribution in [1.82, 2.24) is 15.0 Å². The van der Waals surface area contributed by atoms with Gasteiger partial charge in [-0.15, -0.1) is 0 Å². The van der Waals surface area contributed by atoms with Gasteiger partial charge in [-0.3, -0.25) is 4.79 Å². The molecule has 8 heteroatoms. The Labute approximate surface area is 151 Å².